The second kappa shape index (κ2) is 14.2. The van der Waals surface area contributed by atoms with Crippen LogP contribution >= 0.6 is 0 Å². The molecule has 4 aromatic carbocycles. The first-order chi connectivity index (χ1) is 22.2. The number of carbonyl (C=O) groups excluding carboxylic acids is 3. The molecule has 5 rings (SSSR count). The molecule has 0 spiro atoms. The fourth-order valence-corrected chi connectivity index (χ4v) is 5.42. The third kappa shape index (κ3) is 7.16. The summed E-state index contributed by atoms with van der Waals surface area (Å²) in [5.74, 6) is 0.259. The summed E-state index contributed by atoms with van der Waals surface area (Å²) in [5.41, 5.74) is 1.76. The number of anilines is 3. The lowest BCUT2D eigenvalue weighted by Gasteiger charge is -2.38. The van der Waals surface area contributed by atoms with Crippen LogP contribution in [0.2, 0.25) is 0 Å². The van der Waals surface area contributed by atoms with E-state index in [2.05, 4.69) is 16.0 Å². The van der Waals surface area contributed by atoms with Gasteiger partial charge >= 0.3 is 12.1 Å². The van der Waals surface area contributed by atoms with Gasteiger partial charge in [-0.1, -0.05) is 49.4 Å². The number of aliphatic hydroxyl groups is 1. The van der Waals surface area contributed by atoms with Crippen LogP contribution in [0.1, 0.15) is 24.2 Å². The maximum Gasteiger partial charge on any atom is 0.323 e. The zero-order valence-electron chi connectivity index (χ0n) is 26.3. The van der Waals surface area contributed by atoms with E-state index in [1.807, 2.05) is 49.4 Å². The van der Waals surface area contributed by atoms with E-state index >= 15 is 0 Å². The van der Waals surface area contributed by atoms with Crippen molar-refractivity contribution in [2.75, 3.05) is 49.8 Å². The van der Waals surface area contributed by atoms with Gasteiger partial charge in [0, 0.05) is 30.6 Å². The molecule has 0 unspecified atom stereocenters. The number of benzene rings is 4. The topological polar surface area (TPSA) is 132 Å². The molecule has 1 heterocycles. The number of likely N-dealkylation sites (N-methyl/N-ethyl adjacent to an activating group) is 1. The predicted molar refractivity (Wildman–Crippen MR) is 179 cm³/mol. The average Bonchev–Trinajstić information content (AvgIpc) is 3.06. The molecule has 0 aromatic heterocycles. The van der Waals surface area contributed by atoms with Crippen molar-refractivity contribution in [1.82, 2.24) is 9.80 Å². The lowest BCUT2D eigenvalue weighted by molar-refractivity contribution is 0.0373. The molecule has 4 N–H and O–H groups in total. The van der Waals surface area contributed by atoms with Crippen LogP contribution in [-0.4, -0.2) is 78.9 Å². The molecule has 0 saturated heterocycles. The van der Waals surface area contributed by atoms with Crippen molar-refractivity contribution in [3.63, 3.8) is 0 Å². The molecule has 3 atom stereocenters. The Balaban J connectivity index is 1.40. The van der Waals surface area contributed by atoms with E-state index in [0.717, 1.165) is 10.8 Å². The van der Waals surface area contributed by atoms with Crippen LogP contribution in [0.25, 0.3) is 10.8 Å². The number of carbonyl (C=O) groups is 3. The normalized spacial score (nSPS) is 16.7. The molecule has 11 heteroatoms. The first-order valence-corrected chi connectivity index (χ1v) is 15.1. The van der Waals surface area contributed by atoms with E-state index in [1.54, 1.807) is 68.4 Å². The van der Waals surface area contributed by atoms with Crippen LogP contribution in [0.4, 0.5) is 26.7 Å². The van der Waals surface area contributed by atoms with Gasteiger partial charge < -0.3 is 40.3 Å². The van der Waals surface area contributed by atoms with Crippen LogP contribution < -0.4 is 25.4 Å². The van der Waals surface area contributed by atoms with Crippen molar-refractivity contribution in [3.05, 3.63) is 90.5 Å². The highest BCUT2D eigenvalue weighted by molar-refractivity contribution is 6.04. The Morgan fingerprint density at radius 2 is 1.67 bits per heavy atom. The fourth-order valence-electron chi connectivity index (χ4n) is 5.42. The summed E-state index contributed by atoms with van der Waals surface area (Å²) in [6.07, 6.45) is -0.573. The summed E-state index contributed by atoms with van der Waals surface area (Å²) in [6.45, 7) is 3.95. The molecular weight excluding hydrogens is 586 g/mol. The van der Waals surface area contributed by atoms with Gasteiger partial charge in [0.15, 0.2) is 5.75 Å². The smallest absolute Gasteiger partial charge is 0.323 e. The molecule has 0 fully saturated rings. The number of amides is 5. The Morgan fingerprint density at radius 3 is 2.41 bits per heavy atom. The number of nitrogens with zero attached hydrogens (tertiary/aromatic N) is 2. The van der Waals surface area contributed by atoms with Gasteiger partial charge in [-0.25, -0.2) is 9.59 Å². The lowest BCUT2D eigenvalue weighted by Crippen LogP contribution is -2.50. The van der Waals surface area contributed by atoms with Crippen LogP contribution in [0.15, 0.2) is 84.9 Å². The summed E-state index contributed by atoms with van der Waals surface area (Å²) < 4.78 is 11.7. The number of para-hydroxylation sites is 1. The van der Waals surface area contributed by atoms with Gasteiger partial charge in [-0.2, -0.15) is 0 Å². The SMILES string of the molecule is COc1ccc(NC(=O)Nc2cccc3c2O[C@@H](CN(C)C(=O)Nc2cccc4ccccc24)[C@@H](C)CN([C@@H](C)CO)C3=O)cc1. The van der Waals surface area contributed by atoms with Gasteiger partial charge in [0.1, 0.15) is 11.9 Å². The van der Waals surface area contributed by atoms with E-state index in [-0.39, 0.29) is 48.0 Å². The first kappa shape index (κ1) is 32.1. The minimum atomic E-state index is -0.573. The Hall–Kier alpha value is -5.29. The van der Waals surface area contributed by atoms with Crippen molar-refractivity contribution in [2.45, 2.75) is 26.0 Å². The van der Waals surface area contributed by atoms with Crippen LogP contribution in [0.3, 0.4) is 0 Å². The number of aliphatic hydroxyl groups excluding tert-OH is 1. The van der Waals surface area contributed by atoms with E-state index in [4.69, 9.17) is 9.47 Å². The highest BCUT2D eigenvalue weighted by Gasteiger charge is 2.35. The number of urea groups is 2. The van der Waals surface area contributed by atoms with Gasteiger partial charge in [0.05, 0.1) is 43.2 Å². The number of hydrogen-bond donors (Lipinski definition) is 4. The summed E-state index contributed by atoms with van der Waals surface area (Å²) in [6, 6.07) is 24.0. The molecule has 1 aliphatic rings. The minimum Gasteiger partial charge on any atom is -0.497 e. The van der Waals surface area contributed by atoms with Crippen molar-refractivity contribution in [1.29, 1.82) is 0 Å². The molecule has 5 amide bonds. The number of nitrogens with one attached hydrogen (secondary N) is 3. The van der Waals surface area contributed by atoms with Gasteiger partial charge in [-0.05, 0) is 54.8 Å². The van der Waals surface area contributed by atoms with Crippen molar-refractivity contribution < 1.29 is 29.0 Å². The molecule has 0 bridgehead atoms. The molecule has 0 saturated carbocycles. The summed E-state index contributed by atoms with van der Waals surface area (Å²) in [5, 5.41) is 20.5. The van der Waals surface area contributed by atoms with E-state index in [1.165, 1.54) is 4.90 Å². The molecule has 11 nitrogen and oxygen atoms in total. The summed E-state index contributed by atoms with van der Waals surface area (Å²) in [4.78, 5) is 43.4. The molecule has 4 aromatic rings. The number of hydrogen-bond acceptors (Lipinski definition) is 6. The van der Waals surface area contributed by atoms with Gasteiger partial charge in [-0.15, -0.1) is 0 Å². The zero-order valence-corrected chi connectivity index (χ0v) is 26.3. The van der Waals surface area contributed by atoms with Crippen LogP contribution in [0, 0.1) is 5.92 Å². The second-order valence-corrected chi connectivity index (χ2v) is 11.4. The Bertz CT molecular complexity index is 1710. The molecular formula is C35H39N5O6. The fraction of sp³-hybridized carbons (Fsp3) is 0.286. The standard InChI is InChI=1S/C35H39N5O6/c1-22-19-40(23(2)21-41)33(42)28-12-8-14-30(37-34(43)36-25-15-17-26(45-4)18-16-25)32(28)46-31(22)20-39(3)35(44)38-29-13-7-10-24-9-5-6-11-27(24)29/h5-18,22-23,31,41H,19-21H2,1-4H3,(H,38,44)(H2,36,37,43)/t22-,23-,31-/m0/s1. The maximum absolute atomic E-state index is 13.8. The first-order valence-electron chi connectivity index (χ1n) is 15.1. The van der Waals surface area contributed by atoms with E-state index in [0.29, 0.717) is 23.7 Å². The zero-order chi connectivity index (χ0) is 32.8. The largest absolute Gasteiger partial charge is 0.497 e. The molecule has 240 valence electrons. The van der Waals surface area contributed by atoms with Crippen LogP contribution in [0.5, 0.6) is 11.5 Å². The van der Waals surface area contributed by atoms with Crippen molar-refractivity contribution >= 4 is 45.8 Å². The lowest BCUT2D eigenvalue weighted by atomic mass is 9.99. The van der Waals surface area contributed by atoms with Gasteiger partial charge in [0.25, 0.3) is 5.91 Å². The minimum absolute atomic E-state index is 0.180. The Kier molecular flexibility index (Phi) is 9.92. The number of fused-ring (bicyclic) bond motifs is 2. The molecule has 0 aliphatic carbocycles. The van der Waals surface area contributed by atoms with E-state index < -0.39 is 18.2 Å². The predicted octanol–water partition coefficient (Wildman–Crippen LogP) is 5.88. The monoisotopic (exact) mass is 625 g/mol. The second-order valence-electron chi connectivity index (χ2n) is 11.4. The molecule has 46 heavy (non-hydrogen) atoms. The van der Waals surface area contributed by atoms with Crippen molar-refractivity contribution in [2.24, 2.45) is 5.92 Å². The van der Waals surface area contributed by atoms with Crippen LogP contribution in [-0.2, 0) is 0 Å². The van der Waals surface area contributed by atoms with E-state index in [9.17, 15) is 19.5 Å². The Labute approximate surface area is 268 Å². The highest BCUT2D eigenvalue weighted by Crippen LogP contribution is 2.35. The number of rotatable bonds is 8. The summed E-state index contributed by atoms with van der Waals surface area (Å²) >= 11 is 0. The maximum atomic E-state index is 13.8. The third-order valence-corrected chi connectivity index (χ3v) is 8.12. The molecule has 0 radical (unpaired) electrons. The summed E-state index contributed by atoms with van der Waals surface area (Å²) in [7, 11) is 3.24. The van der Waals surface area contributed by atoms with Gasteiger partial charge in [-0.3, -0.25) is 4.79 Å². The quantitative estimate of drug-likeness (QED) is 0.194. The molecule has 1 aliphatic heterocycles. The average molecular weight is 626 g/mol. The van der Waals surface area contributed by atoms with Crippen molar-refractivity contribution in [3.8, 4) is 11.5 Å². The highest BCUT2D eigenvalue weighted by atomic mass is 16.5. The Morgan fingerprint density at radius 1 is 0.978 bits per heavy atom. The van der Waals surface area contributed by atoms with Gasteiger partial charge in [0.2, 0.25) is 0 Å². The number of ether oxygens (including phenoxy) is 2. The number of methoxy groups -OCH3 is 1. The third-order valence-electron chi connectivity index (χ3n) is 8.12.